The highest BCUT2D eigenvalue weighted by Gasteiger charge is 2.22. The fourth-order valence-corrected chi connectivity index (χ4v) is 2.93. The molecule has 25 heavy (non-hydrogen) atoms. The van der Waals surface area contributed by atoms with Gasteiger partial charge in [-0.2, -0.15) is 11.8 Å². The van der Waals surface area contributed by atoms with E-state index in [1.54, 1.807) is 30.0 Å². The van der Waals surface area contributed by atoms with Gasteiger partial charge >= 0.3 is 0 Å². The lowest BCUT2D eigenvalue weighted by Gasteiger charge is -2.24. The lowest BCUT2D eigenvalue weighted by atomic mass is 10.2. The van der Waals surface area contributed by atoms with Crippen LogP contribution in [0.25, 0.3) is 0 Å². The maximum absolute atomic E-state index is 12.3. The number of anilines is 1. The van der Waals surface area contributed by atoms with Crippen LogP contribution < -0.4 is 20.5 Å². The van der Waals surface area contributed by atoms with Crippen LogP contribution in [0, 0.1) is 0 Å². The second-order valence-corrected chi connectivity index (χ2v) is 6.63. The first-order chi connectivity index (χ1) is 12.0. The van der Waals surface area contributed by atoms with E-state index in [-0.39, 0.29) is 18.4 Å². The van der Waals surface area contributed by atoms with E-state index >= 15 is 0 Å². The Morgan fingerprint density at radius 3 is 2.72 bits per heavy atom. The van der Waals surface area contributed by atoms with Crippen LogP contribution >= 0.6 is 11.8 Å². The molecule has 0 saturated heterocycles. The van der Waals surface area contributed by atoms with Gasteiger partial charge in [0.1, 0.15) is 13.2 Å². The molecule has 3 N–H and O–H groups in total. The largest absolute Gasteiger partial charge is 0.486 e. The van der Waals surface area contributed by atoms with E-state index < -0.39 is 6.04 Å². The average Bonchev–Trinajstić information content (AvgIpc) is 2.63. The fraction of sp³-hybridized carbons (Fsp3) is 0.529. The number of carbonyl (C=O) groups excluding carboxylic acids is 2. The zero-order valence-electron chi connectivity index (χ0n) is 14.6. The number of hydrogen-bond donors (Lipinski definition) is 2. The molecule has 1 aliphatic rings. The third-order valence-corrected chi connectivity index (χ3v) is 4.45. The van der Waals surface area contributed by atoms with E-state index in [1.807, 2.05) is 13.2 Å². The third kappa shape index (κ3) is 5.54. The molecule has 8 heteroatoms. The SMILES string of the molecule is CCN(CC(=O)Nc1ccc2c(c1)OCCO2)C(=O)[C@@H](N)CCSC. The van der Waals surface area contributed by atoms with Crippen LogP contribution in [0.15, 0.2) is 18.2 Å². The molecule has 0 saturated carbocycles. The zero-order valence-corrected chi connectivity index (χ0v) is 15.4. The number of carbonyl (C=O) groups is 2. The summed E-state index contributed by atoms with van der Waals surface area (Å²) in [5, 5.41) is 2.78. The summed E-state index contributed by atoms with van der Waals surface area (Å²) in [6, 6.07) is 4.64. The van der Waals surface area contributed by atoms with Gasteiger partial charge in [0.25, 0.3) is 0 Å². The topological polar surface area (TPSA) is 93.9 Å². The highest BCUT2D eigenvalue weighted by atomic mass is 32.2. The highest BCUT2D eigenvalue weighted by Crippen LogP contribution is 2.32. The number of hydrogen-bond acceptors (Lipinski definition) is 6. The summed E-state index contributed by atoms with van der Waals surface area (Å²) in [5.41, 5.74) is 6.52. The summed E-state index contributed by atoms with van der Waals surface area (Å²) in [4.78, 5) is 26.1. The molecule has 2 amide bonds. The molecule has 0 fully saturated rings. The maximum Gasteiger partial charge on any atom is 0.243 e. The molecule has 0 aliphatic carbocycles. The van der Waals surface area contributed by atoms with Crippen molar-refractivity contribution in [2.45, 2.75) is 19.4 Å². The van der Waals surface area contributed by atoms with Gasteiger partial charge < -0.3 is 25.4 Å². The minimum atomic E-state index is -0.575. The number of fused-ring (bicyclic) bond motifs is 1. The van der Waals surface area contributed by atoms with Gasteiger partial charge in [-0.1, -0.05) is 0 Å². The Morgan fingerprint density at radius 2 is 2.04 bits per heavy atom. The van der Waals surface area contributed by atoms with Gasteiger partial charge in [0, 0.05) is 18.3 Å². The number of nitrogens with one attached hydrogen (secondary N) is 1. The molecule has 1 aromatic rings. The second kappa shape index (κ2) is 9.53. The molecule has 138 valence electrons. The van der Waals surface area contributed by atoms with E-state index in [4.69, 9.17) is 15.2 Å². The van der Waals surface area contributed by atoms with E-state index in [9.17, 15) is 9.59 Å². The number of thioether (sulfide) groups is 1. The second-order valence-electron chi connectivity index (χ2n) is 5.65. The Bertz CT molecular complexity index is 612. The molecule has 1 atom stereocenters. The number of nitrogens with zero attached hydrogens (tertiary/aromatic N) is 1. The van der Waals surface area contributed by atoms with Crippen molar-refractivity contribution >= 4 is 29.3 Å². The van der Waals surface area contributed by atoms with Gasteiger partial charge in [-0.3, -0.25) is 9.59 Å². The van der Waals surface area contributed by atoms with Crippen LogP contribution in [-0.2, 0) is 9.59 Å². The first-order valence-electron chi connectivity index (χ1n) is 8.28. The molecule has 2 rings (SSSR count). The molecule has 1 heterocycles. The van der Waals surface area contributed by atoms with Crippen molar-refractivity contribution in [3.8, 4) is 11.5 Å². The summed E-state index contributed by atoms with van der Waals surface area (Å²) in [7, 11) is 0. The number of rotatable bonds is 8. The normalized spacial score (nSPS) is 13.9. The summed E-state index contributed by atoms with van der Waals surface area (Å²) in [6.07, 6.45) is 2.57. The lowest BCUT2D eigenvalue weighted by molar-refractivity contribution is -0.135. The number of ether oxygens (including phenoxy) is 2. The van der Waals surface area contributed by atoms with E-state index in [0.29, 0.717) is 43.4 Å². The molecular weight excluding hydrogens is 342 g/mol. The van der Waals surface area contributed by atoms with Crippen LogP contribution in [0.5, 0.6) is 11.5 Å². The molecular formula is C17H25N3O4S. The summed E-state index contributed by atoms with van der Waals surface area (Å²) in [5.74, 6) is 1.60. The predicted molar refractivity (Wildman–Crippen MR) is 99.3 cm³/mol. The Labute approximate surface area is 152 Å². The predicted octanol–water partition coefficient (Wildman–Crippen LogP) is 1.33. The van der Waals surface area contributed by atoms with Crippen molar-refractivity contribution in [1.82, 2.24) is 4.90 Å². The fourth-order valence-electron chi connectivity index (χ4n) is 2.44. The monoisotopic (exact) mass is 367 g/mol. The van der Waals surface area contributed by atoms with Crippen LogP contribution in [0.3, 0.4) is 0 Å². The zero-order chi connectivity index (χ0) is 18.2. The first kappa shape index (κ1) is 19.4. The van der Waals surface area contributed by atoms with Gasteiger partial charge in [-0.05, 0) is 37.5 Å². The Hall–Kier alpha value is -1.93. The minimum absolute atomic E-state index is 0.0310. The first-order valence-corrected chi connectivity index (χ1v) is 9.67. The molecule has 1 aromatic carbocycles. The highest BCUT2D eigenvalue weighted by molar-refractivity contribution is 7.98. The Kier molecular flexibility index (Phi) is 7.39. The van der Waals surface area contributed by atoms with Crippen LogP contribution in [0.4, 0.5) is 5.69 Å². The smallest absolute Gasteiger partial charge is 0.243 e. The van der Waals surface area contributed by atoms with Gasteiger partial charge in [-0.25, -0.2) is 0 Å². The van der Waals surface area contributed by atoms with E-state index in [1.165, 1.54) is 4.90 Å². The molecule has 0 radical (unpaired) electrons. The van der Waals surface area contributed by atoms with Crippen LogP contribution in [0.2, 0.25) is 0 Å². The average molecular weight is 367 g/mol. The summed E-state index contributed by atoms with van der Waals surface area (Å²) >= 11 is 1.64. The van der Waals surface area contributed by atoms with Crippen molar-refractivity contribution in [2.24, 2.45) is 5.73 Å². The van der Waals surface area contributed by atoms with E-state index in [0.717, 1.165) is 5.75 Å². The van der Waals surface area contributed by atoms with Gasteiger partial charge in [0.05, 0.1) is 12.6 Å². The Morgan fingerprint density at radius 1 is 1.32 bits per heavy atom. The number of amides is 2. The van der Waals surface area contributed by atoms with Gasteiger partial charge in [-0.15, -0.1) is 0 Å². The molecule has 0 bridgehead atoms. The van der Waals surface area contributed by atoms with Crippen molar-refractivity contribution in [3.05, 3.63) is 18.2 Å². The van der Waals surface area contributed by atoms with E-state index in [2.05, 4.69) is 5.32 Å². The molecule has 0 unspecified atom stereocenters. The lowest BCUT2D eigenvalue weighted by Crippen LogP contribution is -2.46. The van der Waals surface area contributed by atoms with Gasteiger partial charge in [0.2, 0.25) is 11.8 Å². The standard InChI is InChI=1S/C17H25N3O4S/c1-3-20(17(22)13(18)6-9-25-2)11-16(21)19-12-4-5-14-15(10-12)24-8-7-23-14/h4-5,10,13H,3,6-9,11,18H2,1-2H3,(H,19,21)/t13-/m0/s1. The third-order valence-electron chi connectivity index (χ3n) is 3.80. The quantitative estimate of drug-likeness (QED) is 0.720. The number of likely N-dealkylation sites (N-methyl/N-ethyl adjacent to an activating group) is 1. The van der Waals surface area contributed by atoms with Crippen molar-refractivity contribution in [2.75, 3.05) is 43.6 Å². The Balaban J connectivity index is 1.92. The summed E-state index contributed by atoms with van der Waals surface area (Å²) in [6.45, 7) is 3.23. The maximum atomic E-state index is 12.3. The van der Waals surface area contributed by atoms with Crippen molar-refractivity contribution < 1.29 is 19.1 Å². The van der Waals surface area contributed by atoms with Crippen molar-refractivity contribution in [1.29, 1.82) is 0 Å². The number of benzene rings is 1. The number of nitrogens with two attached hydrogens (primary N) is 1. The molecule has 1 aliphatic heterocycles. The minimum Gasteiger partial charge on any atom is -0.486 e. The van der Waals surface area contributed by atoms with Crippen LogP contribution in [0.1, 0.15) is 13.3 Å². The van der Waals surface area contributed by atoms with Gasteiger partial charge in [0.15, 0.2) is 11.5 Å². The van der Waals surface area contributed by atoms with Crippen LogP contribution in [-0.4, -0.2) is 61.1 Å². The van der Waals surface area contributed by atoms with Crippen molar-refractivity contribution in [3.63, 3.8) is 0 Å². The molecule has 0 spiro atoms. The summed E-state index contributed by atoms with van der Waals surface area (Å²) < 4.78 is 10.9. The molecule has 7 nitrogen and oxygen atoms in total. The molecule has 0 aromatic heterocycles.